The second-order valence-corrected chi connectivity index (χ2v) is 7.04. The molecule has 1 unspecified atom stereocenters. The number of hydrogen-bond donors (Lipinski definition) is 1. The van der Waals surface area contributed by atoms with Crippen LogP contribution in [0.5, 0.6) is 0 Å². The second-order valence-electron chi connectivity index (χ2n) is 7.04. The van der Waals surface area contributed by atoms with Crippen molar-refractivity contribution in [2.45, 2.75) is 38.1 Å². The van der Waals surface area contributed by atoms with Crippen molar-refractivity contribution in [3.63, 3.8) is 0 Å². The number of pyridine rings is 1. The van der Waals surface area contributed by atoms with Crippen LogP contribution in [-0.4, -0.2) is 49.8 Å². The highest BCUT2D eigenvalue weighted by Gasteiger charge is 2.37. The van der Waals surface area contributed by atoms with Crippen LogP contribution in [0.25, 0.3) is 0 Å². The standard InChI is InChI=1S/C17H18F4N6O2/c18-13-10(3-4-23-14(13)17(19,20)21)9-26-16(29)27-11(7-22-8-12(27)24-26)15(28)25-5-1-2-6-25/h3-4,11,22H,1-2,5-9H2. The number of halogens is 4. The Morgan fingerprint density at radius 3 is 2.69 bits per heavy atom. The number of hydrogen-bond acceptors (Lipinski definition) is 5. The lowest BCUT2D eigenvalue weighted by molar-refractivity contribution is -0.143. The summed E-state index contributed by atoms with van der Waals surface area (Å²) >= 11 is 0. The van der Waals surface area contributed by atoms with Gasteiger partial charge in [-0.15, -0.1) is 0 Å². The van der Waals surface area contributed by atoms with Gasteiger partial charge in [-0.25, -0.2) is 18.9 Å². The van der Waals surface area contributed by atoms with E-state index in [0.717, 1.165) is 29.8 Å². The molecule has 2 aliphatic rings. The summed E-state index contributed by atoms with van der Waals surface area (Å²) < 4.78 is 55.0. The molecule has 4 rings (SSSR count). The normalized spacial score (nSPS) is 19.4. The first kappa shape index (κ1) is 19.6. The zero-order valence-electron chi connectivity index (χ0n) is 15.2. The van der Waals surface area contributed by atoms with Gasteiger partial charge in [-0.1, -0.05) is 0 Å². The third-order valence-corrected chi connectivity index (χ3v) is 5.13. The van der Waals surface area contributed by atoms with E-state index in [1.807, 2.05) is 0 Å². The Labute approximate surface area is 162 Å². The highest BCUT2D eigenvalue weighted by molar-refractivity contribution is 5.81. The molecule has 2 aromatic heterocycles. The predicted octanol–water partition coefficient (Wildman–Crippen LogP) is 0.913. The maximum absolute atomic E-state index is 14.3. The first-order valence-electron chi connectivity index (χ1n) is 9.15. The van der Waals surface area contributed by atoms with Crippen LogP contribution in [-0.2, 0) is 24.1 Å². The van der Waals surface area contributed by atoms with Crippen molar-refractivity contribution in [3.05, 3.63) is 45.6 Å². The van der Waals surface area contributed by atoms with E-state index in [4.69, 9.17) is 0 Å². The number of nitrogens with one attached hydrogen (secondary N) is 1. The number of carbonyl (C=O) groups excluding carboxylic acids is 1. The van der Waals surface area contributed by atoms with E-state index in [2.05, 4.69) is 15.4 Å². The summed E-state index contributed by atoms with van der Waals surface area (Å²) in [4.78, 5) is 30.4. The topological polar surface area (TPSA) is 85.0 Å². The Bertz CT molecular complexity index is 993. The molecule has 1 saturated heterocycles. The van der Waals surface area contributed by atoms with E-state index in [1.165, 1.54) is 4.57 Å². The molecule has 29 heavy (non-hydrogen) atoms. The molecule has 1 atom stereocenters. The number of alkyl halides is 3. The van der Waals surface area contributed by atoms with Gasteiger partial charge < -0.3 is 10.2 Å². The number of likely N-dealkylation sites (tertiary alicyclic amines) is 1. The molecular weight excluding hydrogens is 396 g/mol. The summed E-state index contributed by atoms with van der Waals surface area (Å²) in [7, 11) is 0. The van der Waals surface area contributed by atoms with Crippen LogP contribution in [0.1, 0.15) is 36.0 Å². The van der Waals surface area contributed by atoms with E-state index in [-0.39, 0.29) is 30.4 Å². The maximum atomic E-state index is 14.3. The van der Waals surface area contributed by atoms with Gasteiger partial charge in [-0.2, -0.15) is 18.3 Å². The highest BCUT2D eigenvalue weighted by Crippen LogP contribution is 2.30. The minimum absolute atomic E-state index is 0.202. The lowest BCUT2D eigenvalue weighted by Crippen LogP contribution is -2.47. The van der Waals surface area contributed by atoms with Crippen LogP contribution in [0.15, 0.2) is 17.1 Å². The minimum atomic E-state index is -4.95. The fraction of sp³-hybridized carbons (Fsp3) is 0.529. The van der Waals surface area contributed by atoms with Crippen LogP contribution in [0.3, 0.4) is 0 Å². The Kier molecular flexibility index (Phi) is 4.89. The summed E-state index contributed by atoms with van der Waals surface area (Å²) in [6.07, 6.45) is -2.31. The number of rotatable bonds is 3. The van der Waals surface area contributed by atoms with E-state index >= 15 is 0 Å². The third-order valence-electron chi connectivity index (χ3n) is 5.13. The molecule has 0 aromatic carbocycles. The van der Waals surface area contributed by atoms with E-state index < -0.39 is 36.0 Å². The molecule has 12 heteroatoms. The molecule has 0 saturated carbocycles. The maximum Gasteiger partial charge on any atom is 0.436 e. The first-order valence-corrected chi connectivity index (χ1v) is 9.15. The number of carbonyl (C=O) groups is 1. The minimum Gasteiger partial charge on any atom is -0.341 e. The summed E-state index contributed by atoms with van der Waals surface area (Å²) in [6.45, 7) is 1.21. The smallest absolute Gasteiger partial charge is 0.341 e. The summed E-state index contributed by atoms with van der Waals surface area (Å²) in [5.74, 6) is -1.46. The Morgan fingerprint density at radius 1 is 1.28 bits per heavy atom. The molecule has 2 aromatic rings. The Hall–Kier alpha value is -2.76. The van der Waals surface area contributed by atoms with Crippen molar-refractivity contribution in [3.8, 4) is 0 Å². The Balaban J connectivity index is 1.67. The first-order chi connectivity index (χ1) is 13.8. The predicted molar refractivity (Wildman–Crippen MR) is 91.3 cm³/mol. The molecular formula is C17H18F4N6O2. The van der Waals surface area contributed by atoms with Gasteiger partial charge in [0.1, 0.15) is 11.9 Å². The van der Waals surface area contributed by atoms with Crippen LogP contribution >= 0.6 is 0 Å². The molecule has 1 amide bonds. The van der Waals surface area contributed by atoms with Gasteiger partial charge in [0.2, 0.25) is 5.91 Å². The van der Waals surface area contributed by atoms with Gasteiger partial charge in [-0.05, 0) is 18.9 Å². The van der Waals surface area contributed by atoms with Crippen LogP contribution in [0.4, 0.5) is 17.6 Å². The lowest BCUT2D eigenvalue weighted by atomic mass is 10.2. The monoisotopic (exact) mass is 414 g/mol. The van der Waals surface area contributed by atoms with Crippen molar-refractivity contribution < 1.29 is 22.4 Å². The van der Waals surface area contributed by atoms with Crippen molar-refractivity contribution in [2.24, 2.45) is 0 Å². The average molecular weight is 414 g/mol. The van der Waals surface area contributed by atoms with Gasteiger partial charge in [0.05, 0.1) is 13.1 Å². The molecule has 156 valence electrons. The molecule has 0 radical (unpaired) electrons. The molecule has 2 aliphatic heterocycles. The molecule has 8 nitrogen and oxygen atoms in total. The Morgan fingerprint density at radius 2 is 2.00 bits per heavy atom. The average Bonchev–Trinajstić information content (AvgIpc) is 3.31. The largest absolute Gasteiger partial charge is 0.436 e. The molecule has 1 N–H and O–H groups in total. The number of amides is 1. The van der Waals surface area contributed by atoms with Crippen molar-refractivity contribution in [2.75, 3.05) is 19.6 Å². The molecule has 1 fully saturated rings. The van der Waals surface area contributed by atoms with Crippen LogP contribution in [0.2, 0.25) is 0 Å². The van der Waals surface area contributed by atoms with Gasteiger partial charge in [0, 0.05) is 31.4 Å². The summed E-state index contributed by atoms with van der Waals surface area (Å²) in [5, 5.41) is 7.13. The van der Waals surface area contributed by atoms with Gasteiger partial charge in [0.25, 0.3) is 0 Å². The van der Waals surface area contributed by atoms with Gasteiger partial charge >= 0.3 is 11.9 Å². The van der Waals surface area contributed by atoms with Crippen molar-refractivity contribution >= 4 is 5.91 Å². The number of aromatic nitrogens is 4. The highest BCUT2D eigenvalue weighted by atomic mass is 19.4. The fourth-order valence-corrected chi connectivity index (χ4v) is 3.72. The number of nitrogens with zero attached hydrogens (tertiary/aromatic N) is 5. The summed E-state index contributed by atoms with van der Waals surface area (Å²) in [5.41, 5.74) is -2.67. The quantitative estimate of drug-likeness (QED) is 0.755. The third kappa shape index (κ3) is 3.52. The zero-order valence-corrected chi connectivity index (χ0v) is 15.2. The van der Waals surface area contributed by atoms with E-state index in [9.17, 15) is 27.2 Å². The van der Waals surface area contributed by atoms with Crippen molar-refractivity contribution in [1.82, 2.24) is 29.5 Å². The number of fused-ring (bicyclic) bond motifs is 1. The SMILES string of the molecule is O=C(C1CNCc2nn(Cc3ccnc(C(F)(F)F)c3F)c(=O)n21)N1CCCC1. The molecule has 0 aliphatic carbocycles. The second kappa shape index (κ2) is 7.25. The summed E-state index contributed by atoms with van der Waals surface area (Å²) in [6, 6.07) is 0.284. The van der Waals surface area contributed by atoms with Crippen LogP contribution < -0.4 is 11.0 Å². The molecule has 0 spiro atoms. The fourth-order valence-electron chi connectivity index (χ4n) is 3.72. The molecule has 0 bridgehead atoms. The van der Waals surface area contributed by atoms with Gasteiger partial charge in [0.15, 0.2) is 11.5 Å². The van der Waals surface area contributed by atoms with Gasteiger partial charge in [-0.3, -0.25) is 9.36 Å². The van der Waals surface area contributed by atoms with Crippen LogP contribution in [0, 0.1) is 5.82 Å². The van der Waals surface area contributed by atoms with E-state index in [1.54, 1.807) is 4.90 Å². The lowest BCUT2D eigenvalue weighted by Gasteiger charge is -2.27. The zero-order chi connectivity index (χ0) is 20.8. The van der Waals surface area contributed by atoms with Crippen molar-refractivity contribution in [1.29, 1.82) is 0 Å². The van der Waals surface area contributed by atoms with E-state index in [0.29, 0.717) is 13.1 Å². The molecule has 4 heterocycles.